The molecule has 0 bridgehead atoms. The topological polar surface area (TPSA) is 66.5 Å². The number of nitrogens with one attached hydrogen (secondary N) is 1. The van der Waals surface area contributed by atoms with Crippen molar-refractivity contribution in [3.8, 4) is 0 Å². The Labute approximate surface area is 201 Å². The first-order chi connectivity index (χ1) is 15.7. The van der Waals surface area contributed by atoms with E-state index in [1.807, 2.05) is 26.0 Å². The van der Waals surface area contributed by atoms with E-state index in [-0.39, 0.29) is 17.3 Å². The molecule has 1 amide bonds. The molecule has 0 aliphatic carbocycles. The first kappa shape index (κ1) is 24.8. The summed E-state index contributed by atoms with van der Waals surface area (Å²) in [6, 6.07) is 19.9. The molecule has 0 saturated heterocycles. The first-order valence-corrected chi connectivity index (χ1v) is 12.7. The molecule has 7 heteroatoms. The molecule has 0 spiro atoms. The van der Waals surface area contributed by atoms with E-state index in [4.69, 9.17) is 11.6 Å². The van der Waals surface area contributed by atoms with Crippen molar-refractivity contribution in [3.63, 3.8) is 0 Å². The third-order valence-corrected chi connectivity index (χ3v) is 7.63. The van der Waals surface area contributed by atoms with Gasteiger partial charge in [-0.1, -0.05) is 65.2 Å². The second-order valence-corrected chi connectivity index (χ2v) is 10.4. The Kier molecular flexibility index (Phi) is 8.16. The molecule has 33 heavy (non-hydrogen) atoms. The van der Waals surface area contributed by atoms with Gasteiger partial charge in [-0.3, -0.25) is 9.10 Å². The van der Waals surface area contributed by atoms with E-state index in [0.29, 0.717) is 22.8 Å². The Morgan fingerprint density at radius 2 is 1.64 bits per heavy atom. The highest BCUT2D eigenvalue weighted by atomic mass is 35.5. The maximum absolute atomic E-state index is 13.5. The van der Waals surface area contributed by atoms with Crippen LogP contribution in [-0.2, 0) is 21.2 Å². The molecule has 0 heterocycles. The fourth-order valence-corrected chi connectivity index (χ4v) is 5.23. The molecule has 0 aromatic heterocycles. The normalized spacial score (nSPS) is 11.3. The van der Waals surface area contributed by atoms with Crippen LogP contribution in [0.15, 0.2) is 71.6 Å². The molecule has 0 aliphatic heterocycles. The molecule has 0 atom stereocenters. The van der Waals surface area contributed by atoms with Gasteiger partial charge in [-0.25, -0.2) is 8.42 Å². The lowest BCUT2D eigenvalue weighted by Gasteiger charge is -2.26. The SMILES string of the molecule is Cc1ccc(S(=O)(=O)N(CC(=O)NCCCc2cccc(C)c2)c2cccc(Cl)c2C)cc1. The van der Waals surface area contributed by atoms with Crippen LogP contribution in [0.4, 0.5) is 5.69 Å². The number of carbonyl (C=O) groups is 1. The number of rotatable bonds is 9. The number of halogens is 1. The van der Waals surface area contributed by atoms with Gasteiger partial charge in [0.2, 0.25) is 5.91 Å². The predicted molar refractivity (Wildman–Crippen MR) is 134 cm³/mol. The smallest absolute Gasteiger partial charge is 0.264 e. The Morgan fingerprint density at radius 1 is 0.939 bits per heavy atom. The Balaban J connectivity index is 1.76. The van der Waals surface area contributed by atoms with Gasteiger partial charge in [0.25, 0.3) is 10.0 Å². The molecular weight excluding hydrogens is 456 g/mol. The van der Waals surface area contributed by atoms with E-state index < -0.39 is 10.0 Å². The van der Waals surface area contributed by atoms with Crippen LogP contribution in [-0.4, -0.2) is 27.4 Å². The highest BCUT2D eigenvalue weighted by Crippen LogP contribution is 2.30. The first-order valence-electron chi connectivity index (χ1n) is 10.9. The number of amides is 1. The molecule has 3 aromatic rings. The average molecular weight is 485 g/mol. The fourth-order valence-electron chi connectivity index (χ4n) is 3.58. The summed E-state index contributed by atoms with van der Waals surface area (Å²) < 4.78 is 28.1. The Bertz CT molecular complexity index is 1220. The monoisotopic (exact) mass is 484 g/mol. The van der Waals surface area contributed by atoms with Crippen molar-refractivity contribution in [3.05, 3.63) is 94.0 Å². The second kappa shape index (κ2) is 10.9. The third-order valence-electron chi connectivity index (χ3n) is 5.45. The Hall–Kier alpha value is -2.83. The van der Waals surface area contributed by atoms with Crippen molar-refractivity contribution in [2.75, 3.05) is 17.4 Å². The van der Waals surface area contributed by atoms with Crippen molar-refractivity contribution in [1.82, 2.24) is 5.32 Å². The standard InChI is InChI=1S/C26H29ClN2O3S/c1-19-12-14-23(15-13-19)33(31,32)29(25-11-5-10-24(27)21(25)3)18-26(30)28-16-6-9-22-8-4-7-20(2)17-22/h4-5,7-8,10-15,17H,6,9,16,18H2,1-3H3,(H,28,30). The van der Waals surface area contributed by atoms with Gasteiger partial charge in [0, 0.05) is 11.6 Å². The largest absolute Gasteiger partial charge is 0.355 e. The molecule has 0 fully saturated rings. The van der Waals surface area contributed by atoms with E-state index in [1.54, 1.807) is 49.4 Å². The van der Waals surface area contributed by atoms with Gasteiger partial charge in [0.05, 0.1) is 10.6 Å². The number of carbonyl (C=O) groups excluding carboxylic acids is 1. The van der Waals surface area contributed by atoms with Crippen LogP contribution >= 0.6 is 11.6 Å². The van der Waals surface area contributed by atoms with Crippen molar-refractivity contribution < 1.29 is 13.2 Å². The minimum Gasteiger partial charge on any atom is -0.355 e. The van der Waals surface area contributed by atoms with E-state index in [9.17, 15) is 13.2 Å². The number of aryl methyl sites for hydroxylation is 3. The van der Waals surface area contributed by atoms with Crippen molar-refractivity contribution in [2.24, 2.45) is 0 Å². The number of anilines is 1. The minimum absolute atomic E-state index is 0.125. The van der Waals surface area contributed by atoms with Gasteiger partial charge in [0.15, 0.2) is 0 Å². The third kappa shape index (κ3) is 6.36. The number of hydrogen-bond acceptors (Lipinski definition) is 3. The number of sulfonamides is 1. The van der Waals surface area contributed by atoms with Gasteiger partial charge in [0.1, 0.15) is 6.54 Å². The average Bonchev–Trinajstić information content (AvgIpc) is 2.77. The van der Waals surface area contributed by atoms with Gasteiger partial charge in [-0.05, 0) is 69.0 Å². The van der Waals surface area contributed by atoms with Gasteiger partial charge in [-0.2, -0.15) is 0 Å². The summed E-state index contributed by atoms with van der Waals surface area (Å²) in [6.45, 7) is 5.81. The molecule has 0 aliphatic rings. The number of nitrogens with zero attached hydrogens (tertiary/aromatic N) is 1. The lowest BCUT2D eigenvalue weighted by molar-refractivity contribution is -0.119. The molecule has 1 N–H and O–H groups in total. The molecule has 0 unspecified atom stereocenters. The summed E-state index contributed by atoms with van der Waals surface area (Å²) >= 11 is 6.26. The van der Waals surface area contributed by atoms with Crippen molar-refractivity contribution in [2.45, 2.75) is 38.5 Å². The van der Waals surface area contributed by atoms with Crippen LogP contribution in [0.1, 0.15) is 28.7 Å². The lowest BCUT2D eigenvalue weighted by Crippen LogP contribution is -2.41. The zero-order chi connectivity index (χ0) is 24.0. The van der Waals surface area contributed by atoms with Crippen LogP contribution in [0.25, 0.3) is 0 Å². The lowest BCUT2D eigenvalue weighted by atomic mass is 10.1. The molecule has 0 radical (unpaired) electrons. The summed E-state index contributed by atoms with van der Waals surface area (Å²) in [5.74, 6) is -0.366. The molecule has 5 nitrogen and oxygen atoms in total. The second-order valence-electron chi connectivity index (χ2n) is 8.15. The minimum atomic E-state index is -3.97. The zero-order valence-corrected chi connectivity index (χ0v) is 20.7. The van der Waals surface area contributed by atoms with Gasteiger partial charge in [-0.15, -0.1) is 0 Å². The van der Waals surface area contributed by atoms with Crippen LogP contribution < -0.4 is 9.62 Å². The fraction of sp³-hybridized carbons (Fsp3) is 0.269. The van der Waals surface area contributed by atoms with E-state index in [1.165, 1.54) is 11.1 Å². The summed E-state index contributed by atoms with van der Waals surface area (Å²) in [7, 11) is -3.97. The van der Waals surface area contributed by atoms with Crippen LogP contribution in [0.5, 0.6) is 0 Å². The van der Waals surface area contributed by atoms with E-state index in [0.717, 1.165) is 22.7 Å². The summed E-state index contributed by atoms with van der Waals surface area (Å²) in [5.41, 5.74) is 4.35. The predicted octanol–water partition coefficient (Wildman–Crippen LogP) is 5.21. The molecule has 174 valence electrons. The van der Waals surface area contributed by atoms with Crippen molar-refractivity contribution >= 4 is 33.2 Å². The molecule has 3 aromatic carbocycles. The highest BCUT2D eigenvalue weighted by Gasteiger charge is 2.28. The number of benzene rings is 3. The zero-order valence-electron chi connectivity index (χ0n) is 19.1. The Morgan fingerprint density at radius 3 is 2.33 bits per heavy atom. The van der Waals surface area contributed by atoms with Crippen LogP contribution in [0.3, 0.4) is 0 Å². The molecule has 0 saturated carbocycles. The van der Waals surface area contributed by atoms with Gasteiger partial charge >= 0.3 is 0 Å². The van der Waals surface area contributed by atoms with E-state index in [2.05, 4.69) is 17.4 Å². The van der Waals surface area contributed by atoms with Crippen LogP contribution in [0.2, 0.25) is 5.02 Å². The summed E-state index contributed by atoms with van der Waals surface area (Å²) in [4.78, 5) is 12.9. The maximum Gasteiger partial charge on any atom is 0.264 e. The summed E-state index contributed by atoms with van der Waals surface area (Å²) in [5, 5.41) is 3.30. The highest BCUT2D eigenvalue weighted by molar-refractivity contribution is 7.92. The quantitative estimate of drug-likeness (QED) is 0.424. The van der Waals surface area contributed by atoms with Gasteiger partial charge < -0.3 is 5.32 Å². The van der Waals surface area contributed by atoms with Crippen LogP contribution in [0, 0.1) is 20.8 Å². The summed E-state index contributed by atoms with van der Waals surface area (Å²) in [6.07, 6.45) is 1.59. The van der Waals surface area contributed by atoms with Crippen molar-refractivity contribution in [1.29, 1.82) is 0 Å². The maximum atomic E-state index is 13.5. The van der Waals surface area contributed by atoms with E-state index >= 15 is 0 Å². The molecule has 3 rings (SSSR count). The number of hydrogen-bond donors (Lipinski definition) is 1. The molecular formula is C26H29ClN2O3S.